The molecule has 0 bridgehead atoms. The number of rotatable bonds is 2. The number of nitrogens with two attached hydrogens (primary N) is 1. The first-order chi connectivity index (χ1) is 8.56. The topological polar surface area (TPSA) is 55.1 Å². The first-order valence-electron chi connectivity index (χ1n) is 5.18. The van der Waals surface area contributed by atoms with E-state index in [4.69, 9.17) is 17.3 Å². The van der Waals surface area contributed by atoms with E-state index in [0.29, 0.717) is 16.3 Å². The number of carbonyl (C=O) groups excluding carboxylic acids is 1. The molecule has 0 fully saturated rings. The predicted molar refractivity (Wildman–Crippen MR) is 83.0 cm³/mol. The molecule has 1 amide bonds. The van der Waals surface area contributed by atoms with Gasteiger partial charge in [-0.05, 0) is 59.0 Å². The molecule has 3 nitrogen and oxygen atoms in total. The number of halogens is 2. The lowest BCUT2D eigenvalue weighted by atomic mass is 10.2. The van der Waals surface area contributed by atoms with E-state index in [-0.39, 0.29) is 5.91 Å². The van der Waals surface area contributed by atoms with Gasteiger partial charge in [-0.1, -0.05) is 17.7 Å². The largest absolute Gasteiger partial charge is 0.399 e. The first kappa shape index (κ1) is 13.2. The molecule has 0 saturated heterocycles. The maximum absolute atomic E-state index is 12.0. The second-order valence-electron chi connectivity index (χ2n) is 3.70. The quantitative estimate of drug-likeness (QED) is 0.623. The molecular weight excluding hydrogens is 363 g/mol. The van der Waals surface area contributed by atoms with Crippen LogP contribution in [0.1, 0.15) is 10.4 Å². The van der Waals surface area contributed by atoms with Crippen LogP contribution in [0.4, 0.5) is 11.4 Å². The maximum atomic E-state index is 12.0. The van der Waals surface area contributed by atoms with Crippen molar-refractivity contribution in [1.82, 2.24) is 0 Å². The lowest BCUT2D eigenvalue weighted by Crippen LogP contribution is -2.12. The van der Waals surface area contributed by atoms with Crippen LogP contribution in [0.5, 0.6) is 0 Å². The van der Waals surface area contributed by atoms with Gasteiger partial charge < -0.3 is 11.1 Å². The summed E-state index contributed by atoms with van der Waals surface area (Å²) in [7, 11) is 0. The SMILES string of the molecule is Nc1cccc(C(=O)Nc2ccc(Cl)cc2I)c1. The predicted octanol–water partition coefficient (Wildman–Crippen LogP) is 3.78. The molecule has 0 aromatic heterocycles. The Balaban J connectivity index is 2.21. The van der Waals surface area contributed by atoms with E-state index < -0.39 is 0 Å². The van der Waals surface area contributed by atoms with E-state index in [9.17, 15) is 4.79 Å². The van der Waals surface area contributed by atoms with E-state index >= 15 is 0 Å². The number of amides is 1. The van der Waals surface area contributed by atoms with Gasteiger partial charge in [0.15, 0.2) is 0 Å². The summed E-state index contributed by atoms with van der Waals surface area (Å²) in [5.41, 5.74) is 7.46. The van der Waals surface area contributed by atoms with Crippen LogP contribution in [-0.4, -0.2) is 5.91 Å². The summed E-state index contributed by atoms with van der Waals surface area (Å²) in [6, 6.07) is 12.1. The number of hydrogen-bond donors (Lipinski definition) is 2. The summed E-state index contributed by atoms with van der Waals surface area (Å²) in [5.74, 6) is -0.192. The number of benzene rings is 2. The Morgan fingerprint density at radius 3 is 2.67 bits per heavy atom. The molecule has 0 unspecified atom stereocenters. The highest BCUT2D eigenvalue weighted by Crippen LogP contribution is 2.23. The van der Waals surface area contributed by atoms with Crippen LogP contribution >= 0.6 is 34.2 Å². The fourth-order valence-corrected chi connectivity index (χ4v) is 2.47. The normalized spacial score (nSPS) is 10.1. The van der Waals surface area contributed by atoms with Crippen LogP contribution in [0.3, 0.4) is 0 Å². The fourth-order valence-electron chi connectivity index (χ4n) is 1.47. The van der Waals surface area contributed by atoms with Gasteiger partial charge in [-0.3, -0.25) is 4.79 Å². The number of anilines is 2. The van der Waals surface area contributed by atoms with Crippen molar-refractivity contribution in [3.8, 4) is 0 Å². The first-order valence-corrected chi connectivity index (χ1v) is 6.64. The van der Waals surface area contributed by atoms with Crippen molar-refractivity contribution in [3.63, 3.8) is 0 Å². The van der Waals surface area contributed by atoms with Gasteiger partial charge in [0.25, 0.3) is 5.91 Å². The third-order valence-electron chi connectivity index (χ3n) is 2.33. The lowest BCUT2D eigenvalue weighted by Gasteiger charge is -2.08. The molecule has 2 aromatic rings. The third kappa shape index (κ3) is 3.14. The van der Waals surface area contributed by atoms with Gasteiger partial charge in [-0.2, -0.15) is 0 Å². The van der Waals surface area contributed by atoms with Gasteiger partial charge in [-0.25, -0.2) is 0 Å². The zero-order chi connectivity index (χ0) is 13.1. The van der Waals surface area contributed by atoms with Crippen molar-refractivity contribution in [3.05, 3.63) is 56.6 Å². The Labute approximate surface area is 123 Å². The summed E-state index contributed by atoms with van der Waals surface area (Å²) in [4.78, 5) is 12.0. The van der Waals surface area contributed by atoms with Crippen molar-refractivity contribution in [2.24, 2.45) is 0 Å². The number of nitrogen functional groups attached to an aromatic ring is 1. The van der Waals surface area contributed by atoms with Crippen molar-refractivity contribution < 1.29 is 4.79 Å². The molecule has 5 heteroatoms. The van der Waals surface area contributed by atoms with Crippen molar-refractivity contribution in [1.29, 1.82) is 0 Å². The molecular formula is C13H10ClIN2O. The van der Waals surface area contributed by atoms with Crippen LogP contribution in [0.25, 0.3) is 0 Å². The van der Waals surface area contributed by atoms with Crippen molar-refractivity contribution in [2.45, 2.75) is 0 Å². The van der Waals surface area contributed by atoms with Gasteiger partial charge in [0.2, 0.25) is 0 Å². The standard InChI is InChI=1S/C13H10ClIN2O/c14-9-4-5-12(11(15)7-9)17-13(18)8-2-1-3-10(16)6-8/h1-7H,16H2,(H,17,18). The Hall–Kier alpha value is -1.27. The van der Waals surface area contributed by atoms with Gasteiger partial charge in [0.1, 0.15) is 0 Å². The molecule has 0 aliphatic heterocycles. The monoisotopic (exact) mass is 372 g/mol. The van der Waals surface area contributed by atoms with Crippen molar-refractivity contribution >= 4 is 51.5 Å². The molecule has 0 radical (unpaired) electrons. The van der Waals surface area contributed by atoms with E-state index in [1.165, 1.54) is 0 Å². The Bertz CT molecular complexity index is 601. The zero-order valence-corrected chi connectivity index (χ0v) is 12.2. The minimum Gasteiger partial charge on any atom is -0.399 e. The fraction of sp³-hybridized carbons (Fsp3) is 0. The smallest absolute Gasteiger partial charge is 0.255 e. The maximum Gasteiger partial charge on any atom is 0.255 e. The average Bonchev–Trinajstić information content (AvgIpc) is 2.32. The summed E-state index contributed by atoms with van der Waals surface area (Å²) < 4.78 is 0.886. The van der Waals surface area contributed by atoms with E-state index in [2.05, 4.69) is 27.9 Å². The molecule has 3 N–H and O–H groups in total. The third-order valence-corrected chi connectivity index (χ3v) is 3.46. The zero-order valence-electron chi connectivity index (χ0n) is 9.28. The minimum absolute atomic E-state index is 0.192. The summed E-state index contributed by atoms with van der Waals surface area (Å²) in [5, 5.41) is 3.46. The van der Waals surface area contributed by atoms with Gasteiger partial charge >= 0.3 is 0 Å². The van der Waals surface area contributed by atoms with Crippen LogP contribution in [0.2, 0.25) is 5.02 Å². The van der Waals surface area contributed by atoms with E-state index in [0.717, 1.165) is 9.26 Å². The second kappa shape index (κ2) is 5.58. The van der Waals surface area contributed by atoms with Gasteiger partial charge in [0, 0.05) is 19.8 Å². The van der Waals surface area contributed by atoms with Crippen molar-refractivity contribution in [2.75, 3.05) is 11.1 Å². The van der Waals surface area contributed by atoms with Gasteiger partial charge in [-0.15, -0.1) is 0 Å². The highest BCUT2D eigenvalue weighted by atomic mass is 127. The molecule has 0 saturated carbocycles. The number of carbonyl (C=O) groups is 1. The number of nitrogens with one attached hydrogen (secondary N) is 1. The molecule has 0 atom stereocenters. The molecule has 2 rings (SSSR count). The summed E-state index contributed by atoms with van der Waals surface area (Å²) in [6.07, 6.45) is 0. The number of hydrogen-bond acceptors (Lipinski definition) is 2. The summed E-state index contributed by atoms with van der Waals surface area (Å²) >= 11 is 7.98. The Morgan fingerprint density at radius 1 is 1.22 bits per heavy atom. The molecule has 0 heterocycles. The summed E-state index contributed by atoms with van der Waals surface area (Å²) in [6.45, 7) is 0. The lowest BCUT2D eigenvalue weighted by molar-refractivity contribution is 0.102. The van der Waals surface area contributed by atoms with Crippen LogP contribution in [0.15, 0.2) is 42.5 Å². The van der Waals surface area contributed by atoms with Crippen LogP contribution < -0.4 is 11.1 Å². The molecule has 0 aliphatic carbocycles. The minimum atomic E-state index is -0.192. The Morgan fingerprint density at radius 2 is 2.00 bits per heavy atom. The molecule has 92 valence electrons. The Kier molecular flexibility index (Phi) is 4.08. The molecule has 0 spiro atoms. The van der Waals surface area contributed by atoms with Crippen LogP contribution in [-0.2, 0) is 0 Å². The molecule has 0 aliphatic rings. The van der Waals surface area contributed by atoms with Gasteiger partial charge in [0.05, 0.1) is 5.69 Å². The van der Waals surface area contributed by atoms with E-state index in [1.54, 1.807) is 42.5 Å². The highest BCUT2D eigenvalue weighted by molar-refractivity contribution is 14.1. The van der Waals surface area contributed by atoms with E-state index in [1.807, 2.05) is 0 Å². The van der Waals surface area contributed by atoms with Crippen LogP contribution in [0, 0.1) is 3.57 Å². The molecule has 18 heavy (non-hydrogen) atoms. The highest BCUT2D eigenvalue weighted by Gasteiger charge is 2.08. The molecule has 2 aromatic carbocycles. The average molecular weight is 373 g/mol. The second-order valence-corrected chi connectivity index (χ2v) is 5.30.